The number of aryl methyl sites for hydroxylation is 1. The highest BCUT2D eigenvalue weighted by Gasteiger charge is 2.16. The van der Waals surface area contributed by atoms with Crippen LogP contribution in [-0.2, 0) is 7.05 Å². The third-order valence-electron chi connectivity index (χ3n) is 3.36. The zero-order valence-electron chi connectivity index (χ0n) is 12.5. The summed E-state index contributed by atoms with van der Waals surface area (Å²) in [7, 11) is 1.58. The number of imidazole rings is 1. The Morgan fingerprint density at radius 3 is 2.55 bits per heavy atom. The van der Waals surface area contributed by atoms with Gasteiger partial charge in [0.1, 0.15) is 11.3 Å². The van der Waals surface area contributed by atoms with Crippen LogP contribution in [0.15, 0.2) is 17.3 Å². The van der Waals surface area contributed by atoms with Gasteiger partial charge in [0, 0.05) is 19.3 Å². The minimum Gasteiger partial charge on any atom is -0.383 e. The Kier molecular flexibility index (Phi) is 3.05. The van der Waals surface area contributed by atoms with Gasteiger partial charge >= 0.3 is 5.69 Å². The minimum absolute atomic E-state index is 0.0671. The zero-order chi connectivity index (χ0) is 16.0. The van der Waals surface area contributed by atoms with Gasteiger partial charge in [0.15, 0.2) is 17.3 Å². The van der Waals surface area contributed by atoms with Crippen molar-refractivity contribution < 1.29 is 0 Å². The largest absolute Gasteiger partial charge is 0.383 e. The van der Waals surface area contributed by atoms with Crippen molar-refractivity contribution in [2.75, 3.05) is 11.5 Å². The van der Waals surface area contributed by atoms with Crippen molar-refractivity contribution in [2.45, 2.75) is 19.9 Å². The van der Waals surface area contributed by atoms with Gasteiger partial charge in [-0.1, -0.05) is 0 Å². The van der Waals surface area contributed by atoms with Crippen LogP contribution in [0.2, 0.25) is 0 Å². The predicted molar refractivity (Wildman–Crippen MR) is 83.0 cm³/mol. The Balaban J connectivity index is 2.30. The predicted octanol–water partition coefficient (Wildman–Crippen LogP) is 0.332. The second-order valence-corrected chi connectivity index (χ2v) is 5.28. The molecule has 9 nitrogen and oxygen atoms in total. The lowest BCUT2D eigenvalue weighted by Crippen LogP contribution is -2.21. The van der Waals surface area contributed by atoms with E-state index in [-0.39, 0.29) is 17.7 Å². The highest BCUT2D eigenvalue weighted by atomic mass is 16.1. The van der Waals surface area contributed by atoms with E-state index >= 15 is 0 Å². The highest BCUT2D eigenvalue weighted by molar-refractivity contribution is 5.84. The molecule has 4 N–H and O–H groups in total. The molecule has 114 valence electrons. The molecule has 3 aromatic rings. The molecule has 0 saturated heterocycles. The summed E-state index contributed by atoms with van der Waals surface area (Å²) in [6, 6.07) is 0.169. The van der Waals surface area contributed by atoms with Crippen LogP contribution in [0.4, 0.5) is 11.6 Å². The van der Waals surface area contributed by atoms with E-state index in [2.05, 4.69) is 19.9 Å². The summed E-state index contributed by atoms with van der Waals surface area (Å²) < 4.78 is 3.21. The van der Waals surface area contributed by atoms with Crippen LogP contribution in [0.5, 0.6) is 0 Å². The van der Waals surface area contributed by atoms with Crippen LogP contribution in [0.3, 0.4) is 0 Å². The van der Waals surface area contributed by atoms with Gasteiger partial charge in [-0.15, -0.1) is 0 Å². The SMILES string of the molecule is CC(C)n1cnc2c(N)nc(-c3cn(C)c(=O)nc3N)nc21. The lowest BCUT2D eigenvalue weighted by Gasteiger charge is -2.10. The first-order valence-corrected chi connectivity index (χ1v) is 6.72. The maximum absolute atomic E-state index is 11.5. The molecule has 3 heterocycles. The van der Waals surface area contributed by atoms with E-state index in [9.17, 15) is 4.79 Å². The fourth-order valence-corrected chi connectivity index (χ4v) is 2.17. The summed E-state index contributed by atoms with van der Waals surface area (Å²) in [4.78, 5) is 28.2. The quantitative estimate of drug-likeness (QED) is 0.697. The fraction of sp³-hybridized carbons (Fsp3) is 0.308. The van der Waals surface area contributed by atoms with Gasteiger partial charge in [-0.2, -0.15) is 4.98 Å². The molecule has 3 aromatic heterocycles. The monoisotopic (exact) mass is 300 g/mol. The second-order valence-electron chi connectivity index (χ2n) is 5.28. The van der Waals surface area contributed by atoms with Crippen molar-refractivity contribution in [1.29, 1.82) is 0 Å². The smallest absolute Gasteiger partial charge is 0.349 e. The van der Waals surface area contributed by atoms with Gasteiger partial charge in [0.05, 0.1) is 11.9 Å². The summed E-state index contributed by atoms with van der Waals surface area (Å²) in [5.74, 6) is 0.637. The van der Waals surface area contributed by atoms with Crippen molar-refractivity contribution in [3.63, 3.8) is 0 Å². The minimum atomic E-state index is -0.442. The molecule has 0 unspecified atom stereocenters. The number of nitrogen functional groups attached to an aromatic ring is 2. The Bertz CT molecular complexity index is 924. The van der Waals surface area contributed by atoms with E-state index in [0.717, 1.165) is 0 Å². The van der Waals surface area contributed by atoms with Crippen LogP contribution in [-0.4, -0.2) is 29.1 Å². The van der Waals surface area contributed by atoms with E-state index in [1.165, 1.54) is 4.57 Å². The fourth-order valence-electron chi connectivity index (χ4n) is 2.17. The number of fused-ring (bicyclic) bond motifs is 1. The molecular weight excluding hydrogens is 284 g/mol. The summed E-state index contributed by atoms with van der Waals surface area (Å²) in [5.41, 5.74) is 13.0. The van der Waals surface area contributed by atoms with Crippen molar-refractivity contribution in [3.8, 4) is 11.4 Å². The molecule has 9 heteroatoms. The van der Waals surface area contributed by atoms with Gasteiger partial charge in [-0.05, 0) is 13.8 Å². The Morgan fingerprint density at radius 1 is 1.14 bits per heavy atom. The number of rotatable bonds is 2. The van der Waals surface area contributed by atoms with E-state index in [4.69, 9.17) is 11.5 Å². The van der Waals surface area contributed by atoms with E-state index in [1.54, 1.807) is 19.6 Å². The molecule has 0 bridgehead atoms. The van der Waals surface area contributed by atoms with Gasteiger partial charge in [-0.3, -0.25) is 0 Å². The van der Waals surface area contributed by atoms with Crippen molar-refractivity contribution in [2.24, 2.45) is 7.05 Å². The van der Waals surface area contributed by atoms with E-state index in [1.807, 2.05) is 18.4 Å². The summed E-state index contributed by atoms with van der Waals surface area (Å²) in [5, 5.41) is 0. The van der Waals surface area contributed by atoms with Crippen molar-refractivity contribution in [1.82, 2.24) is 29.1 Å². The van der Waals surface area contributed by atoms with Crippen LogP contribution >= 0.6 is 0 Å². The normalized spacial score (nSPS) is 11.5. The first-order valence-electron chi connectivity index (χ1n) is 6.72. The number of hydrogen-bond donors (Lipinski definition) is 2. The number of nitrogens with zero attached hydrogens (tertiary/aromatic N) is 6. The van der Waals surface area contributed by atoms with Crippen LogP contribution in [0.25, 0.3) is 22.6 Å². The average Bonchev–Trinajstić information content (AvgIpc) is 2.87. The average molecular weight is 300 g/mol. The molecule has 0 atom stereocenters. The van der Waals surface area contributed by atoms with Crippen LogP contribution in [0, 0.1) is 0 Å². The Morgan fingerprint density at radius 2 is 1.86 bits per heavy atom. The van der Waals surface area contributed by atoms with E-state index in [0.29, 0.717) is 22.6 Å². The Labute approximate surface area is 125 Å². The molecule has 0 saturated carbocycles. The molecule has 0 amide bonds. The Hall–Kier alpha value is -2.97. The van der Waals surface area contributed by atoms with Gasteiger partial charge < -0.3 is 20.6 Å². The molecule has 0 aliphatic rings. The third-order valence-corrected chi connectivity index (χ3v) is 3.36. The maximum atomic E-state index is 11.5. The number of anilines is 2. The molecule has 0 fully saturated rings. The standard InChI is InChI=1S/C13H16N8O/c1-6(2)21-5-16-8-10(15)17-11(19-12(8)21)7-4-20(3)13(22)18-9(7)14/h4-6H,1-3H3,(H2,14,18,22)(H2,15,17,19). The van der Waals surface area contributed by atoms with Gasteiger partial charge in [0.25, 0.3) is 0 Å². The molecule has 0 aliphatic heterocycles. The molecule has 0 aliphatic carbocycles. The molecule has 0 spiro atoms. The number of hydrogen-bond acceptors (Lipinski definition) is 7. The summed E-state index contributed by atoms with van der Waals surface area (Å²) in [6.07, 6.45) is 3.22. The summed E-state index contributed by atoms with van der Waals surface area (Å²) >= 11 is 0. The summed E-state index contributed by atoms with van der Waals surface area (Å²) in [6.45, 7) is 4.03. The van der Waals surface area contributed by atoms with Crippen LogP contribution < -0.4 is 17.2 Å². The maximum Gasteiger partial charge on any atom is 0.349 e. The lowest BCUT2D eigenvalue weighted by atomic mass is 10.2. The van der Waals surface area contributed by atoms with E-state index < -0.39 is 5.69 Å². The lowest BCUT2D eigenvalue weighted by molar-refractivity contribution is 0.613. The van der Waals surface area contributed by atoms with Crippen molar-refractivity contribution in [3.05, 3.63) is 23.0 Å². The highest BCUT2D eigenvalue weighted by Crippen LogP contribution is 2.25. The first-order chi connectivity index (χ1) is 10.4. The molecule has 3 rings (SSSR count). The first kappa shape index (κ1) is 14.0. The molecule has 0 aromatic carbocycles. The van der Waals surface area contributed by atoms with Gasteiger partial charge in [-0.25, -0.2) is 19.7 Å². The topological polar surface area (TPSA) is 131 Å². The van der Waals surface area contributed by atoms with Crippen LogP contribution in [0.1, 0.15) is 19.9 Å². The van der Waals surface area contributed by atoms with Crippen molar-refractivity contribution >= 4 is 22.8 Å². The molecular formula is C13H16N8O. The molecule has 22 heavy (non-hydrogen) atoms. The number of aromatic nitrogens is 6. The molecule has 0 radical (unpaired) electrons. The number of nitrogens with two attached hydrogens (primary N) is 2. The third kappa shape index (κ3) is 2.07. The second kappa shape index (κ2) is 4.79. The van der Waals surface area contributed by atoms with Gasteiger partial charge in [0.2, 0.25) is 0 Å². The zero-order valence-corrected chi connectivity index (χ0v) is 12.5.